The first-order chi connectivity index (χ1) is 8.90. The molecule has 1 fully saturated rings. The molecule has 1 unspecified atom stereocenters. The predicted octanol–water partition coefficient (Wildman–Crippen LogP) is 2.94. The average molecular weight is 248 g/mol. The van der Waals surface area contributed by atoms with Crippen molar-refractivity contribution in [2.45, 2.75) is 38.6 Å². The zero-order valence-electron chi connectivity index (χ0n) is 11.3. The number of rotatable bonds is 6. The molecule has 1 N–H and O–H groups in total. The number of aromatic nitrogens is 1. The minimum atomic E-state index is 0.397. The molecule has 1 atom stereocenters. The van der Waals surface area contributed by atoms with E-state index in [9.17, 15) is 0 Å². The van der Waals surface area contributed by atoms with E-state index in [2.05, 4.69) is 29.4 Å². The number of hydrogen-bond donors (Lipinski definition) is 1. The molecule has 0 bridgehead atoms. The summed E-state index contributed by atoms with van der Waals surface area (Å²) >= 11 is 0. The Morgan fingerprint density at radius 1 is 1.39 bits per heavy atom. The first-order valence-electron chi connectivity index (χ1n) is 7.12. The van der Waals surface area contributed by atoms with E-state index < -0.39 is 0 Å². The smallest absolute Gasteiger partial charge is 0.0573 e. The number of pyridine rings is 1. The van der Waals surface area contributed by atoms with Gasteiger partial charge in [-0.15, -0.1) is 0 Å². The second-order valence-corrected chi connectivity index (χ2v) is 5.05. The molecule has 2 rings (SSSR count). The molecule has 0 amide bonds. The van der Waals surface area contributed by atoms with Crippen molar-refractivity contribution in [1.29, 1.82) is 0 Å². The van der Waals surface area contributed by atoms with Crippen molar-refractivity contribution in [3.05, 3.63) is 30.1 Å². The van der Waals surface area contributed by atoms with Gasteiger partial charge in [-0.3, -0.25) is 4.98 Å². The maximum atomic E-state index is 5.43. The van der Waals surface area contributed by atoms with Gasteiger partial charge in [0.25, 0.3) is 0 Å². The van der Waals surface area contributed by atoms with Gasteiger partial charge in [0.15, 0.2) is 0 Å². The van der Waals surface area contributed by atoms with Gasteiger partial charge in [-0.1, -0.05) is 13.0 Å². The van der Waals surface area contributed by atoms with Crippen molar-refractivity contribution >= 4 is 0 Å². The summed E-state index contributed by atoms with van der Waals surface area (Å²) in [7, 11) is 0. The minimum absolute atomic E-state index is 0.397. The summed E-state index contributed by atoms with van der Waals surface area (Å²) in [6.07, 6.45) is 6.62. The number of nitrogens with one attached hydrogen (secondary N) is 1. The van der Waals surface area contributed by atoms with Gasteiger partial charge in [-0.2, -0.15) is 0 Å². The van der Waals surface area contributed by atoms with E-state index in [4.69, 9.17) is 4.74 Å². The third-order valence-electron chi connectivity index (χ3n) is 3.60. The predicted molar refractivity (Wildman–Crippen MR) is 73.4 cm³/mol. The van der Waals surface area contributed by atoms with Crippen molar-refractivity contribution in [1.82, 2.24) is 10.3 Å². The molecule has 0 aromatic carbocycles. The van der Waals surface area contributed by atoms with E-state index in [1.807, 2.05) is 12.3 Å². The topological polar surface area (TPSA) is 34.1 Å². The third-order valence-corrected chi connectivity index (χ3v) is 3.60. The zero-order chi connectivity index (χ0) is 12.6. The molecule has 2 heterocycles. The van der Waals surface area contributed by atoms with Crippen LogP contribution in [0.15, 0.2) is 24.4 Å². The Kier molecular flexibility index (Phi) is 5.62. The second kappa shape index (κ2) is 7.49. The SMILES string of the molecule is CCCNC(CC1CCOCC1)c1ccccn1. The van der Waals surface area contributed by atoms with E-state index in [0.29, 0.717) is 6.04 Å². The lowest BCUT2D eigenvalue weighted by molar-refractivity contribution is 0.0603. The Hall–Kier alpha value is -0.930. The lowest BCUT2D eigenvalue weighted by atomic mass is 9.91. The van der Waals surface area contributed by atoms with Crippen LogP contribution in [0.1, 0.15) is 44.3 Å². The van der Waals surface area contributed by atoms with Crippen LogP contribution in [0.3, 0.4) is 0 Å². The van der Waals surface area contributed by atoms with Crippen LogP contribution in [0.25, 0.3) is 0 Å². The van der Waals surface area contributed by atoms with E-state index in [-0.39, 0.29) is 0 Å². The fourth-order valence-electron chi connectivity index (χ4n) is 2.52. The van der Waals surface area contributed by atoms with Gasteiger partial charge in [0, 0.05) is 25.5 Å². The Bertz CT molecular complexity index is 323. The molecule has 0 spiro atoms. The fraction of sp³-hybridized carbons (Fsp3) is 0.667. The van der Waals surface area contributed by atoms with Crippen molar-refractivity contribution in [3.63, 3.8) is 0 Å². The highest BCUT2D eigenvalue weighted by molar-refractivity contribution is 5.08. The van der Waals surface area contributed by atoms with Gasteiger partial charge in [0.05, 0.1) is 5.69 Å². The van der Waals surface area contributed by atoms with Crippen LogP contribution in [0, 0.1) is 5.92 Å². The summed E-state index contributed by atoms with van der Waals surface area (Å²) in [5, 5.41) is 3.63. The summed E-state index contributed by atoms with van der Waals surface area (Å²) in [6, 6.07) is 6.59. The largest absolute Gasteiger partial charge is 0.381 e. The van der Waals surface area contributed by atoms with Crippen molar-refractivity contribution in [2.75, 3.05) is 19.8 Å². The van der Waals surface area contributed by atoms with Crippen molar-refractivity contribution < 1.29 is 4.74 Å². The number of nitrogens with zero attached hydrogens (tertiary/aromatic N) is 1. The number of ether oxygens (including phenoxy) is 1. The van der Waals surface area contributed by atoms with Crippen LogP contribution in [0.2, 0.25) is 0 Å². The molecule has 100 valence electrons. The Morgan fingerprint density at radius 3 is 2.89 bits per heavy atom. The Morgan fingerprint density at radius 2 is 2.22 bits per heavy atom. The summed E-state index contributed by atoms with van der Waals surface area (Å²) in [5.74, 6) is 0.773. The Labute approximate surface area is 110 Å². The highest BCUT2D eigenvalue weighted by atomic mass is 16.5. The van der Waals surface area contributed by atoms with Crippen molar-refractivity contribution in [2.24, 2.45) is 5.92 Å². The van der Waals surface area contributed by atoms with Gasteiger partial charge in [0.1, 0.15) is 0 Å². The summed E-state index contributed by atoms with van der Waals surface area (Å²) in [4.78, 5) is 4.50. The molecule has 0 aliphatic carbocycles. The molecule has 1 aromatic rings. The molecular formula is C15H24N2O. The molecule has 1 aliphatic rings. The van der Waals surface area contributed by atoms with Crippen LogP contribution >= 0.6 is 0 Å². The average Bonchev–Trinajstić information content (AvgIpc) is 2.45. The monoisotopic (exact) mass is 248 g/mol. The lowest BCUT2D eigenvalue weighted by Gasteiger charge is -2.27. The van der Waals surface area contributed by atoms with Crippen LogP contribution in [-0.2, 0) is 4.74 Å². The highest BCUT2D eigenvalue weighted by Crippen LogP contribution is 2.26. The van der Waals surface area contributed by atoms with E-state index in [0.717, 1.165) is 32.1 Å². The molecule has 1 saturated heterocycles. The molecule has 0 saturated carbocycles. The van der Waals surface area contributed by atoms with Gasteiger partial charge in [-0.05, 0) is 50.3 Å². The third kappa shape index (κ3) is 4.07. The van der Waals surface area contributed by atoms with Crippen LogP contribution in [0.5, 0.6) is 0 Å². The molecule has 3 nitrogen and oxygen atoms in total. The maximum absolute atomic E-state index is 5.43. The highest BCUT2D eigenvalue weighted by Gasteiger charge is 2.20. The first kappa shape index (κ1) is 13.5. The molecule has 3 heteroatoms. The standard InChI is InChI=1S/C15H24N2O/c1-2-8-16-15(14-5-3-4-9-17-14)12-13-6-10-18-11-7-13/h3-5,9,13,15-16H,2,6-8,10-12H2,1H3. The molecule has 0 radical (unpaired) electrons. The van der Waals surface area contributed by atoms with Gasteiger partial charge >= 0.3 is 0 Å². The van der Waals surface area contributed by atoms with Crippen molar-refractivity contribution in [3.8, 4) is 0 Å². The summed E-state index contributed by atoms with van der Waals surface area (Å²) < 4.78 is 5.43. The fourth-order valence-corrected chi connectivity index (χ4v) is 2.52. The molecular weight excluding hydrogens is 224 g/mol. The maximum Gasteiger partial charge on any atom is 0.0573 e. The lowest BCUT2D eigenvalue weighted by Crippen LogP contribution is -2.27. The minimum Gasteiger partial charge on any atom is -0.381 e. The quantitative estimate of drug-likeness (QED) is 0.840. The summed E-state index contributed by atoms with van der Waals surface area (Å²) in [6.45, 7) is 5.11. The van der Waals surface area contributed by atoms with E-state index in [1.165, 1.54) is 25.0 Å². The molecule has 18 heavy (non-hydrogen) atoms. The van der Waals surface area contributed by atoms with Gasteiger partial charge in [0.2, 0.25) is 0 Å². The van der Waals surface area contributed by atoms with Crippen LogP contribution in [-0.4, -0.2) is 24.7 Å². The second-order valence-electron chi connectivity index (χ2n) is 5.05. The normalized spacial score (nSPS) is 18.7. The van der Waals surface area contributed by atoms with E-state index in [1.54, 1.807) is 0 Å². The number of hydrogen-bond acceptors (Lipinski definition) is 3. The van der Waals surface area contributed by atoms with Crippen LogP contribution < -0.4 is 5.32 Å². The van der Waals surface area contributed by atoms with Crippen LogP contribution in [0.4, 0.5) is 0 Å². The Balaban J connectivity index is 1.95. The molecule has 1 aliphatic heterocycles. The van der Waals surface area contributed by atoms with Gasteiger partial charge in [-0.25, -0.2) is 0 Å². The molecule has 1 aromatic heterocycles. The summed E-state index contributed by atoms with van der Waals surface area (Å²) in [5.41, 5.74) is 1.18. The zero-order valence-corrected chi connectivity index (χ0v) is 11.3. The van der Waals surface area contributed by atoms with E-state index >= 15 is 0 Å². The van der Waals surface area contributed by atoms with Gasteiger partial charge < -0.3 is 10.1 Å². The first-order valence-corrected chi connectivity index (χ1v) is 7.12.